The number of thioether (sulfide) groups is 1. The van der Waals surface area contributed by atoms with E-state index in [1.165, 1.54) is 0 Å². The highest BCUT2D eigenvalue weighted by Gasteiger charge is 2.25. The molecule has 1 saturated heterocycles. The molecule has 19 heavy (non-hydrogen) atoms. The summed E-state index contributed by atoms with van der Waals surface area (Å²) in [6.07, 6.45) is 0. The van der Waals surface area contributed by atoms with Gasteiger partial charge in [-0.05, 0) is 17.3 Å². The highest BCUT2D eigenvalue weighted by molar-refractivity contribution is 8.00. The van der Waals surface area contributed by atoms with Crippen LogP contribution in [0.5, 0.6) is 0 Å². The monoisotopic (exact) mass is 275 g/mol. The van der Waals surface area contributed by atoms with Crippen molar-refractivity contribution in [2.24, 2.45) is 0 Å². The maximum atomic E-state index is 5.36. The van der Waals surface area contributed by atoms with E-state index in [9.17, 15) is 0 Å². The average molecular weight is 275 g/mol. The molecule has 2 unspecified atom stereocenters. The minimum atomic E-state index is 0.592. The van der Waals surface area contributed by atoms with Crippen LogP contribution in [0.15, 0.2) is 34.9 Å². The molecule has 1 aliphatic rings. The maximum Gasteiger partial charge on any atom is 0.266 e. The largest absolute Gasteiger partial charge is 0.336 e. The van der Waals surface area contributed by atoms with Gasteiger partial charge in [-0.3, -0.25) is 0 Å². The molecular weight excluding hydrogens is 258 g/mol. The normalized spacial score (nSPS) is 23.6. The van der Waals surface area contributed by atoms with E-state index in [4.69, 9.17) is 4.52 Å². The summed E-state index contributed by atoms with van der Waals surface area (Å²) in [6, 6.07) is 9.89. The number of nitrogens with zero attached hydrogens (tertiary/aromatic N) is 3. The van der Waals surface area contributed by atoms with Gasteiger partial charge in [0, 0.05) is 29.2 Å². The lowest BCUT2D eigenvalue weighted by molar-refractivity contribution is 0.428. The molecule has 0 spiro atoms. The van der Waals surface area contributed by atoms with Gasteiger partial charge in [-0.1, -0.05) is 32.0 Å². The second kappa shape index (κ2) is 5.25. The zero-order valence-corrected chi connectivity index (χ0v) is 11.9. The molecule has 0 saturated carbocycles. The Morgan fingerprint density at radius 2 is 1.84 bits per heavy atom. The van der Waals surface area contributed by atoms with Gasteiger partial charge in [-0.15, -0.1) is 0 Å². The van der Waals surface area contributed by atoms with E-state index in [0.717, 1.165) is 18.7 Å². The Morgan fingerprint density at radius 3 is 2.53 bits per heavy atom. The van der Waals surface area contributed by atoms with Crippen molar-refractivity contribution in [3.05, 3.63) is 30.3 Å². The van der Waals surface area contributed by atoms with Crippen LogP contribution >= 0.6 is 11.8 Å². The van der Waals surface area contributed by atoms with Gasteiger partial charge in [0.05, 0.1) is 0 Å². The summed E-state index contributed by atoms with van der Waals surface area (Å²) in [5.41, 5.74) is 0.966. The second-order valence-electron chi connectivity index (χ2n) is 4.93. The number of anilines is 1. The van der Waals surface area contributed by atoms with E-state index in [2.05, 4.69) is 28.9 Å². The summed E-state index contributed by atoms with van der Waals surface area (Å²) < 4.78 is 5.36. The smallest absolute Gasteiger partial charge is 0.266 e. The summed E-state index contributed by atoms with van der Waals surface area (Å²) in [5, 5.41) is 5.31. The minimum Gasteiger partial charge on any atom is -0.336 e. The average Bonchev–Trinajstić information content (AvgIpc) is 2.88. The van der Waals surface area contributed by atoms with Gasteiger partial charge in [0.15, 0.2) is 0 Å². The van der Waals surface area contributed by atoms with Crippen molar-refractivity contribution < 1.29 is 4.52 Å². The Bertz CT molecular complexity index is 533. The Balaban J connectivity index is 1.81. The predicted octanol–water partition coefficient (Wildman–Crippen LogP) is 3.07. The SMILES string of the molecule is CC1CN(c2noc(-c3ccccc3)n2)CC(C)S1. The standard InChI is InChI=1S/C14H17N3OS/c1-10-8-17(9-11(2)19-10)14-15-13(18-16-14)12-6-4-3-5-7-12/h3-7,10-11H,8-9H2,1-2H3. The topological polar surface area (TPSA) is 42.2 Å². The van der Waals surface area contributed by atoms with Crippen LogP contribution in [0.1, 0.15) is 13.8 Å². The van der Waals surface area contributed by atoms with Gasteiger partial charge in [0.1, 0.15) is 0 Å². The lowest BCUT2D eigenvalue weighted by Gasteiger charge is -2.33. The van der Waals surface area contributed by atoms with Crippen molar-refractivity contribution in [1.29, 1.82) is 0 Å². The molecular formula is C14H17N3OS. The van der Waals surface area contributed by atoms with Crippen LogP contribution < -0.4 is 4.90 Å². The van der Waals surface area contributed by atoms with Crippen LogP contribution in [0, 0.1) is 0 Å². The van der Waals surface area contributed by atoms with Crippen LogP contribution in [0.25, 0.3) is 11.5 Å². The molecule has 2 aromatic rings. The molecule has 0 radical (unpaired) electrons. The van der Waals surface area contributed by atoms with Crippen molar-refractivity contribution >= 4 is 17.7 Å². The van der Waals surface area contributed by atoms with Crippen molar-refractivity contribution in [3.8, 4) is 11.5 Å². The third kappa shape index (κ3) is 2.76. The number of hydrogen-bond donors (Lipinski definition) is 0. The summed E-state index contributed by atoms with van der Waals surface area (Å²) in [4.78, 5) is 6.72. The first-order chi connectivity index (χ1) is 9.22. The van der Waals surface area contributed by atoms with Crippen molar-refractivity contribution in [2.45, 2.75) is 24.3 Å². The van der Waals surface area contributed by atoms with E-state index < -0.39 is 0 Å². The van der Waals surface area contributed by atoms with E-state index in [0.29, 0.717) is 22.3 Å². The van der Waals surface area contributed by atoms with Gasteiger partial charge in [0.25, 0.3) is 11.8 Å². The zero-order valence-electron chi connectivity index (χ0n) is 11.1. The van der Waals surface area contributed by atoms with Gasteiger partial charge in [0.2, 0.25) is 0 Å². The third-order valence-corrected chi connectivity index (χ3v) is 4.37. The fourth-order valence-electron chi connectivity index (χ4n) is 2.38. The second-order valence-corrected chi connectivity index (χ2v) is 6.81. The van der Waals surface area contributed by atoms with Gasteiger partial charge in [-0.2, -0.15) is 16.7 Å². The number of rotatable bonds is 2. The predicted molar refractivity (Wildman–Crippen MR) is 78.5 cm³/mol. The Morgan fingerprint density at radius 1 is 1.16 bits per heavy atom. The van der Waals surface area contributed by atoms with Crippen LogP contribution in [-0.4, -0.2) is 33.7 Å². The fraction of sp³-hybridized carbons (Fsp3) is 0.429. The first kappa shape index (κ1) is 12.5. The molecule has 2 atom stereocenters. The number of benzene rings is 1. The summed E-state index contributed by atoms with van der Waals surface area (Å²) in [7, 11) is 0. The Hall–Kier alpha value is -1.49. The van der Waals surface area contributed by atoms with Crippen LogP contribution in [0.2, 0.25) is 0 Å². The van der Waals surface area contributed by atoms with Crippen LogP contribution in [-0.2, 0) is 0 Å². The number of aromatic nitrogens is 2. The van der Waals surface area contributed by atoms with E-state index in [-0.39, 0.29) is 0 Å². The van der Waals surface area contributed by atoms with E-state index >= 15 is 0 Å². The molecule has 1 fully saturated rings. The minimum absolute atomic E-state index is 0.592. The molecule has 5 heteroatoms. The van der Waals surface area contributed by atoms with Crippen LogP contribution in [0.3, 0.4) is 0 Å². The molecule has 0 amide bonds. The molecule has 0 bridgehead atoms. The highest BCUT2D eigenvalue weighted by Crippen LogP contribution is 2.28. The van der Waals surface area contributed by atoms with E-state index in [1.54, 1.807) is 0 Å². The summed E-state index contributed by atoms with van der Waals surface area (Å²) in [6.45, 7) is 6.43. The van der Waals surface area contributed by atoms with Gasteiger partial charge in [-0.25, -0.2) is 0 Å². The summed E-state index contributed by atoms with van der Waals surface area (Å²) in [5.74, 6) is 1.30. The zero-order chi connectivity index (χ0) is 13.2. The van der Waals surface area contributed by atoms with Crippen molar-refractivity contribution in [2.75, 3.05) is 18.0 Å². The Labute approximate surface area is 117 Å². The molecule has 4 nitrogen and oxygen atoms in total. The van der Waals surface area contributed by atoms with Crippen LogP contribution in [0.4, 0.5) is 5.95 Å². The molecule has 1 aromatic heterocycles. The van der Waals surface area contributed by atoms with E-state index in [1.807, 2.05) is 42.1 Å². The number of hydrogen-bond acceptors (Lipinski definition) is 5. The molecule has 1 aliphatic heterocycles. The molecule has 100 valence electrons. The molecule has 0 N–H and O–H groups in total. The lowest BCUT2D eigenvalue weighted by Crippen LogP contribution is -2.40. The molecule has 1 aromatic carbocycles. The lowest BCUT2D eigenvalue weighted by atomic mass is 10.2. The van der Waals surface area contributed by atoms with Crippen molar-refractivity contribution in [3.63, 3.8) is 0 Å². The maximum absolute atomic E-state index is 5.36. The van der Waals surface area contributed by atoms with Gasteiger partial charge >= 0.3 is 0 Å². The molecule has 0 aliphatic carbocycles. The first-order valence-electron chi connectivity index (χ1n) is 6.52. The third-order valence-electron chi connectivity index (χ3n) is 3.14. The molecule has 2 heterocycles. The first-order valence-corrected chi connectivity index (χ1v) is 7.46. The quantitative estimate of drug-likeness (QED) is 0.842. The fourth-order valence-corrected chi connectivity index (χ4v) is 3.71. The molecule has 3 rings (SSSR count). The highest BCUT2D eigenvalue weighted by atomic mass is 32.2. The summed E-state index contributed by atoms with van der Waals surface area (Å²) >= 11 is 2.01. The van der Waals surface area contributed by atoms with Gasteiger partial charge < -0.3 is 9.42 Å². The van der Waals surface area contributed by atoms with Crippen molar-refractivity contribution in [1.82, 2.24) is 10.1 Å². The Kier molecular flexibility index (Phi) is 3.46.